The predicted molar refractivity (Wildman–Crippen MR) is 83.6 cm³/mol. The molecule has 0 radical (unpaired) electrons. The van der Waals surface area contributed by atoms with Crippen molar-refractivity contribution in [2.45, 2.75) is 12.4 Å². The molecule has 0 heterocycles. The summed E-state index contributed by atoms with van der Waals surface area (Å²) in [6, 6.07) is 12.7. The van der Waals surface area contributed by atoms with Crippen molar-refractivity contribution in [3.63, 3.8) is 0 Å². The van der Waals surface area contributed by atoms with Crippen LogP contribution in [0.25, 0.3) is 0 Å². The summed E-state index contributed by atoms with van der Waals surface area (Å²) in [5.41, 5.74) is 2.28. The highest BCUT2D eigenvalue weighted by Gasteiger charge is 2.13. The Morgan fingerprint density at radius 1 is 1.00 bits per heavy atom. The van der Waals surface area contributed by atoms with Gasteiger partial charge in [0.05, 0.1) is 15.6 Å². The summed E-state index contributed by atoms with van der Waals surface area (Å²) in [4.78, 5) is 12.1. The van der Waals surface area contributed by atoms with Crippen LogP contribution in [0.3, 0.4) is 0 Å². The summed E-state index contributed by atoms with van der Waals surface area (Å²) in [5.74, 6) is 0.148. The molecule has 1 N–H and O–H groups in total. The fraction of sp³-hybridized carbons (Fsp3) is 0.133. The van der Waals surface area contributed by atoms with Crippen LogP contribution in [0.15, 0.2) is 42.5 Å². The Hall–Kier alpha value is -1.22. The molecule has 0 fully saturated rings. The van der Waals surface area contributed by atoms with E-state index in [0.717, 1.165) is 11.1 Å². The molecule has 0 unspecified atom stereocenters. The van der Waals surface area contributed by atoms with Gasteiger partial charge in [0.15, 0.2) is 0 Å². The fourth-order valence-electron chi connectivity index (χ4n) is 1.81. The first-order valence-corrected chi connectivity index (χ1v) is 7.27. The molecule has 0 aliphatic carbocycles. The third-order valence-electron chi connectivity index (χ3n) is 2.79. The van der Waals surface area contributed by atoms with Crippen LogP contribution < -0.4 is 5.32 Å². The Morgan fingerprint density at radius 3 is 2.25 bits per heavy atom. The van der Waals surface area contributed by atoms with Crippen molar-refractivity contribution in [1.29, 1.82) is 0 Å². The molecule has 2 rings (SSSR count). The smallest absolute Gasteiger partial charge is 0.254 e. The molecule has 0 spiro atoms. The van der Waals surface area contributed by atoms with Gasteiger partial charge in [0.2, 0.25) is 0 Å². The highest BCUT2D eigenvalue weighted by Crippen LogP contribution is 2.24. The van der Waals surface area contributed by atoms with Crippen molar-refractivity contribution in [3.8, 4) is 0 Å². The van der Waals surface area contributed by atoms with E-state index in [1.165, 1.54) is 0 Å². The van der Waals surface area contributed by atoms with E-state index >= 15 is 0 Å². The first-order valence-electron chi connectivity index (χ1n) is 5.98. The third kappa shape index (κ3) is 3.66. The summed E-state index contributed by atoms with van der Waals surface area (Å²) >= 11 is 17.8. The fourth-order valence-corrected chi connectivity index (χ4v) is 2.54. The van der Waals surface area contributed by atoms with Gasteiger partial charge in [-0.3, -0.25) is 4.79 Å². The van der Waals surface area contributed by atoms with Crippen LogP contribution in [0, 0.1) is 0 Å². The van der Waals surface area contributed by atoms with E-state index in [1.807, 2.05) is 24.3 Å². The van der Waals surface area contributed by atoms with Gasteiger partial charge in [-0.2, -0.15) is 0 Å². The number of alkyl halides is 1. The van der Waals surface area contributed by atoms with Crippen LogP contribution in [0.1, 0.15) is 21.5 Å². The summed E-state index contributed by atoms with van der Waals surface area (Å²) in [7, 11) is 0. The monoisotopic (exact) mass is 327 g/mol. The molecule has 104 valence electrons. The number of halogens is 3. The zero-order valence-electron chi connectivity index (χ0n) is 10.5. The van der Waals surface area contributed by atoms with Crippen molar-refractivity contribution >= 4 is 40.7 Å². The number of hydrogen-bond donors (Lipinski definition) is 1. The maximum absolute atomic E-state index is 12.1. The number of amides is 1. The number of benzene rings is 2. The highest BCUT2D eigenvalue weighted by molar-refractivity contribution is 6.39. The maximum atomic E-state index is 12.1. The number of carbonyl (C=O) groups excluding carboxylic acids is 1. The lowest BCUT2D eigenvalue weighted by atomic mass is 10.1. The second kappa shape index (κ2) is 6.98. The molecule has 5 heteroatoms. The average molecular weight is 329 g/mol. The molecule has 2 aromatic rings. The number of nitrogens with one attached hydrogen (secondary N) is 1. The Bertz CT molecular complexity index is 608. The zero-order valence-corrected chi connectivity index (χ0v) is 12.8. The summed E-state index contributed by atoms with van der Waals surface area (Å²) < 4.78 is 0. The minimum atomic E-state index is -0.295. The SMILES string of the molecule is O=C(NCc1cccc(CCl)c1)c1c(Cl)cccc1Cl. The number of carbonyl (C=O) groups is 1. The van der Waals surface area contributed by atoms with Crippen molar-refractivity contribution in [2.75, 3.05) is 0 Å². The highest BCUT2D eigenvalue weighted by atomic mass is 35.5. The third-order valence-corrected chi connectivity index (χ3v) is 3.73. The molecule has 0 saturated heterocycles. The molecule has 2 nitrogen and oxygen atoms in total. The first kappa shape index (κ1) is 15.2. The minimum absolute atomic E-state index is 0.295. The lowest BCUT2D eigenvalue weighted by Crippen LogP contribution is -2.23. The van der Waals surface area contributed by atoms with E-state index in [-0.39, 0.29) is 5.91 Å². The van der Waals surface area contributed by atoms with Gasteiger partial charge in [-0.1, -0.05) is 53.5 Å². The van der Waals surface area contributed by atoms with Crippen molar-refractivity contribution < 1.29 is 4.79 Å². The molecular weight excluding hydrogens is 317 g/mol. The number of hydrogen-bond acceptors (Lipinski definition) is 1. The lowest BCUT2D eigenvalue weighted by Gasteiger charge is -2.09. The van der Waals surface area contributed by atoms with Crippen LogP contribution in [-0.4, -0.2) is 5.91 Å². The van der Waals surface area contributed by atoms with E-state index in [1.54, 1.807) is 18.2 Å². The molecule has 0 saturated carbocycles. The van der Waals surface area contributed by atoms with Gasteiger partial charge in [-0.15, -0.1) is 11.6 Å². The van der Waals surface area contributed by atoms with E-state index in [2.05, 4.69) is 5.32 Å². The summed E-state index contributed by atoms with van der Waals surface area (Å²) in [6.07, 6.45) is 0. The van der Waals surface area contributed by atoms with E-state index in [9.17, 15) is 4.79 Å². The molecule has 1 amide bonds. The predicted octanol–water partition coefficient (Wildman–Crippen LogP) is 4.66. The van der Waals surface area contributed by atoms with Crippen LogP contribution in [0.5, 0.6) is 0 Å². The van der Waals surface area contributed by atoms with Gasteiger partial charge >= 0.3 is 0 Å². The Balaban J connectivity index is 2.09. The van der Waals surface area contributed by atoms with Gasteiger partial charge in [0.25, 0.3) is 5.91 Å². The Kier molecular flexibility index (Phi) is 5.30. The van der Waals surface area contributed by atoms with Gasteiger partial charge in [0.1, 0.15) is 0 Å². The van der Waals surface area contributed by atoms with Crippen LogP contribution in [0.2, 0.25) is 10.0 Å². The standard InChI is InChI=1S/C15H12Cl3NO/c16-8-10-3-1-4-11(7-10)9-19-15(20)14-12(17)5-2-6-13(14)18/h1-7H,8-9H2,(H,19,20). The van der Waals surface area contributed by atoms with Gasteiger partial charge in [-0.25, -0.2) is 0 Å². The molecule has 0 aliphatic heterocycles. The van der Waals surface area contributed by atoms with Crippen molar-refractivity contribution in [2.24, 2.45) is 0 Å². The maximum Gasteiger partial charge on any atom is 0.254 e. The number of rotatable bonds is 4. The second-order valence-electron chi connectivity index (χ2n) is 4.23. The zero-order chi connectivity index (χ0) is 14.5. The first-order chi connectivity index (χ1) is 9.61. The largest absolute Gasteiger partial charge is 0.348 e. The van der Waals surface area contributed by atoms with Gasteiger partial charge < -0.3 is 5.32 Å². The van der Waals surface area contributed by atoms with Crippen molar-refractivity contribution in [1.82, 2.24) is 5.32 Å². The quantitative estimate of drug-likeness (QED) is 0.812. The Labute approximate surface area is 132 Å². The topological polar surface area (TPSA) is 29.1 Å². The molecule has 0 bridgehead atoms. The van der Waals surface area contributed by atoms with Crippen LogP contribution in [0.4, 0.5) is 0 Å². The minimum Gasteiger partial charge on any atom is -0.348 e. The van der Waals surface area contributed by atoms with Crippen molar-refractivity contribution in [3.05, 3.63) is 69.2 Å². The van der Waals surface area contributed by atoms with Gasteiger partial charge in [0, 0.05) is 12.4 Å². The lowest BCUT2D eigenvalue weighted by molar-refractivity contribution is 0.0951. The van der Waals surface area contributed by atoms with Crippen LogP contribution >= 0.6 is 34.8 Å². The average Bonchev–Trinajstić information content (AvgIpc) is 2.45. The molecule has 0 atom stereocenters. The van der Waals surface area contributed by atoms with E-state index < -0.39 is 0 Å². The second-order valence-corrected chi connectivity index (χ2v) is 5.31. The molecule has 0 aromatic heterocycles. The molecular formula is C15H12Cl3NO. The summed E-state index contributed by atoms with van der Waals surface area (Å²) in [6.45, 7) is 0.394. The summed E-state index contributed by atoms with van der Waals surface area (Å²) in [5, 5.41) is 3.47. The molecule has 2 aromatic carbocycles. The normalized spacial score (nSPS) is 10.3. The molecule has 0 aliphatic rings. The molecule has 20 heavy (non-hydrogen) atoms. The van der Waals surface area contributed by atoms with E-state index in [0.29, 0.717) is 28.0 Å². The van der Waals surface area contributed by atoms with Gasteiger partial charge in [-0.05, 0) is 23.3 Å². The van der Waals surface area contributed by atoms with Crippen LogP contribution in [-0.2, 0) is 12.4 Å². The van der Waals surface area contributed by atoms with E-state index in [4.69, 9.17) is 34.8 Å². The Morgan fingerprint density at radius 2 is 1.60 bits per heavy atom.